The van der Waals surface area contributed by atoms with E-state index in [0.717, 1.165) is 41.5 Å². The summed E-state index contributed by atoms with van der Waals surface area (Å²) in [7, 11) is 2.07. The van der Waals surface area contributed by atoms with E-state index in [2.05, 4.69) is 16.9 Å². The second kappa shape index (κ2) is 4.42. The molecule has 0 fully saturated rings. The quantitative estimate of drug-likeness (QED) is 0.819. The fourth-order valence-electron chi connectivity index (χ4n) is 2.41. The molecular weight excluding hydrogens is 224 g/mol. The lowest BCUT2D eigenvalue weighted by molar-refractivity contribution is 0.102. The molecule has 3 heteroatoms. The SMILES string of the molecule is CN1CC=C(C(=O)c2c[nH]c3ccccc23)CC1. The molecule has 1 aromatic heterocycles. The van der Waals surface area contributed by atoms with Crippen LogP contribution in [-0.4, -0.2) is 35.8 Å². The fourth-order valence-corrected chi connectivity index (χ4v) is 2.41. The minimum atomic E-state index is 0.167. The maximum atomic E-state index is 12.5. The number of hydrogen-bond acceptors (Lipinski definition) is 2. The van der Waals surface area contributed by atoms with E-state index >= 15 is 0 Å². The molecule has 1 aliphatic heterocycles. The lowest BCUT2D eigenvalue weighted by atomic mass is 9.98. The van der Waals surface area contributed by atoms with Gasteiger partial charge in [0.2, 0.25) is 0 Å². The Balaban J connectivity index is 1.97. The first kappa shape index (κ1) is 11.2. The Morgan fingerprint density at radius 2 is 2.17 bits per heavy atom. The van der Waals surface area contributed by atoms with Crippen LogP contribution in [0.4, 0.5) is 0 Å². The van der Waals surface area contributed by atoms with E-state index in [1.807, 2.05) is 36.5 Å². The molecule has 0 saturated heterocycles. The van der Waals surface area contributed by atoms with Crippen molar-refractivity contribution in [3.05, 3.63) is 47.7 Å². The number of rotatable bonds is 2. The number of carbonyl (C=O) groups excluding carboxylic acids is 1. The van der Waals surface area contributed by atoms with Crippen LogP contribution < -0.4 is 0 Å². The molecule has 1 aromatic carbocycles. The zero-order valence-electron chi connectivity index (χ0n) is 10.4. The monoisotopic (exact) mass is 240 g/mol. The Morgan fingerprint density at radius 1 is 1.33 bits per heavy atom. The number of likely N-dealkylation sites (N-methyl/N-ethyl adjacent to an activating group) is 1. The molecule has 92 valence electrons. The number of benzene rings is 1. The van der Waals surface area contributed by atoms with Crippen molar-refractivity contribution >= 4 is 16.7 Å². The van der Waals surface area contributed by atoms with Gasteiger partial charge in [-0.25, -0.2) is 0 Å². The molecular formula is C15H16N2O. The zero-order chi connectivity index (χ0) is 12.5. The van der Waals surface area contributed by atoms with Crippen molar-refractivity contribution in [2.75, 3.05) is 20.1 Å². The highest BCUT2D eigenvalue weighted by atomic mass is 16.1. The van der Waals surface area contributed by atoms with Crippen molar-refractivity contribution < 1.29 is 4.79 Å². The molecule has 1 aliphatic rings. The number of carbonyl (C=O) groups is 1. The summed E-state index contributed by atoms with van der Waals surface area (Å²) >= 11 is 0. The summed E-state index contributed by atoms with van der Waals surface area (Å²) in [6.45, 7) is 1.82. The first-order chi connectivity index (χ1) is 8.75. The average molecular weight is 240 g/mol. The summed E-state index contributed by atoms with van der Waals surface area (Å²) in [6, 6.07) is 7.93. The predicted molar refractivity (Wildman–Crippen MR) is 72.8 cm³/mol. The van der Waals surface area contributed by atoms with E-state index in [1.54, 1.807) is 0 Å². The number of Topliss-reactive ketones (excluding diaryl/α,β-unsaturated/α-hetero) is 1. The van der Waals surface area contributed by atoms with Gasteiger partial charge in [-0.15, -0.1) is 0 Å². The molecule has 0 atom stereocenters. The normalized spacial score (nSPS) is 16.8. The molecule has 0 amide bonds. The lowest BCUT2D eigenvalue weighted by Gasteiger charge is -2.20. The van der Waals surface area contributed by atoms with E-state index in [9.17, 15) is 4.79 Å². The highest BCUT2D eigenvalue weighted by molar-refractivity contribution is 6.16. The van der Waals surface area contributed by atoms with Gasteiger partial charge in [-0.05, 0) is 25.1 Å². The van der Waals surface area contributed by atoms with Gasteiger partial charge >= 0.3 is 0 Å². The van der Waals surface area contributed by atoms with Crippen molar-refractivity contribution in [1.82, 2.24) is 9.88 Å². The Kier molecular flexibility index (Phi) is 2.76. The second-order valence-electron chi connectivity index (χ2n) is 4.82. The maximum absolute atomic E-state index is 12.5. The highest BCUT2D eigenvalue weighted by Crippen LogP contribution is 2.23. The van der Waals surface area contributed by atoms with Gasteiger partial charge in [-0.1, -0.05) is 24.3 Å². The molecule has 3 nitrogen and oxygen atoms in total. The molecule has 0 bridgehead atoms. The third-order valence-corrected chi connectivity index (χ3v) is 3.54. The van der Waals surface area contributed by atoms with Crippen molar-refractivity contribution in [3.63, 3.8) is 0 Å². The summed E-state index contributed by atoms with van der Waals surface area (Å²) in [5, 5.41) is 1.02. The number of para-hydroxylation sites is 1. The molecule has 2 heterocycles. The van der Waals surface area contributed by atoms with E-state index in [0.29, 0.717) is 0 Å². The lowest BCUT2D eigenvalue weighted by Crippen LogP contribution is -2.26. The number of nitrogens with one attached hydrogen (secondary N) is 1. The summed E-state index contributed by atoms with van der Waals surface area (Å²) in [4.78, 5) is 17.8. The van der Waals surface area contributed by atoms with Gasteiger partial charge in [0.1, 0.15) is 0 Å². The van der Waals surface area contributed by atoms with Crippen LogP contribution in [0.5, 0.6) is 0 Å². The van der Waals surface area contributed by atoms with E-state index in [4.69, 9.17) is 0 Å². The van der Waals surface area contributed by atoms with Crippen molar-refractivity contribution in [2.45, 2.75) is 6.42 Å². The largest absolute Gasteiger partial charge is 0.360 e. The molecule has 2 aromatic rings. The Morgan fingerprint density at radius 3 is 2.94 bits per heavy atom. The summed E-state index contributed by atoms with van der Waals surface area (Å²) < 4.78 is 0. The molecule has 0 saturated carbocycles. The maximum Gasteiger partial charge on any atom is 0.190 e. The first-order valence-corrected chi connectivity index (χ1v) is 6.24. The number of aromatic nitrogens is 1. The summed E-state index contributed by atoms with van der Waals surface area (Å²) in [6.07, 6.45) is 4.72. The van der Waals surface area contributed by atoms with E-state index in [-0.39, 0.29) is 5.78 Å². The standard InChI is InChI=1S/C15H16N2O/c1-17-8-6-11(7-9-17)15(18)13-10-16-14-5-3-2-4-12(13)14/h2-6,10,16H,7-9H2,1H3. The summed E-state index contributed by atoms with van der Waals surface area (Å²) in [5.41, 5.74) is 2.76. The molecule has 0 aliphatic carbocycles. The number of fused-ring (bicyclic) bond motifs is 1. The van der Waals surface area contributed by atoms with Gasteiger partial charge in [0, 0.05) is 35.8 Å². The van der Waals surface area contributed by atoms with Crippen molar-refractivity contribution in [3.8, 4) is 0 Å². The van der Waals surface area contributed by atoms with Crippen molar-refractivity contribution in [1.29, 1.82) is 0 Å². The molecule has 0 unspecified atom stereocenters. The average Bonchev–Trinajstić information content (AvgIpc) is 2.82. The molecule has 0 radical (unpaired) electrons. The zero-order valence-corrected chi connectivity index (χ0v) is 10.4. The minimum absolute atomic E-state index is 0.167. The van der Waals surface area contributed by atoms with Gasteiger partial charge in [-0.2, -0.15) is 0 Å². The number of H-pyrrole nitrogens is 1. The Labute approximate surface area is 106 Å². The number of aromatic amines is 1. The van der Waals surface area contributed by atoms with Crippen LogP contribution in [0.1, 0.15) is 16.8 Å². The highest BCUT2D eigenvalue weighted by Gasteiger charge is 2.18. The van der Waals surface area contributed by atoms with Crippen LogP contribution in [-0.2, 0) is 0 Å². The smallest absolute Gasteiger partial charge is 0.190 e. The van der Waals surface area contributed by atoms with E-state index < -0.39 is 0 Å². The third-order valence-electron chi connectivity index (χ3n) is 3.54. The predicted octanol–water partition coefficient (Wildman–Crippen LogP) is 2.61. The van der Waals surface area contributed by atoms with Gasteiger partial charge in [-0.3, -0.25) is 4.79 Å². The van der Waals surface area contributed by atoms with Crippen LogP contribution in [0.25, 0.3) is 10.9 Å². The molecule has 3 rings (SSSR count). The third kappa shape index (κ3) is 1.87. The van der Waals surface area contributed by atoms with Crippen LogP contribution in [0.15, 0.2) is 42.1 Å². The number of ketones is 1. The topological polar surface area (TPSA) is 36.1 Å². The molecule has 0 spiro atoms. The molecule has 1 N–H and O–H groups in total. The first-order valence-electron chi connectivity index (χ1n) is 6.24. The van der Waals surface area contributed by atoms with Gasteiger partial charge in [0.05, 0.1) is 0 Å². The Bertz CT molecular complexity index is 624. The van der Waals surface area contributed by atoms with Crippen LogP contribution in [0, 0.1) is 0 Å². The van der Waals surface area contributed by atoms with E-state index in [1.165, 1.54) is 0 Å². The number of nitrogens with zero attached hydrogens (tertiary/aromatic N) is 1. The van der Waals surface area contributed by atoms with Crippen LogP contribution in [0.2, 0.25) is 0 Å². The van der Waals surface area contributed by atoms with Gasteiger partial charge in [0.25, 0.3) is 0 Å². The van der Waals surface area contributed by atoms with Crippen LogP contribution in [0.3, 0.4) is 0 Å². The fraction of sp³-hybridized carbons (Fsp3) is 0.267. The van der Waals surface area contributed by atoms with Gasteiger partial charge < -0.3 is 9.88 Å². The Hall–Kier alpha value is -1.87. The number of hydrogen-bond donors (Lipinski definition) is 1. The summed E-state index contributed by atoms with van der Waals surface area (Å²) in [5.74, 6) is 0.167. The van der Waals surface area contributed by atoms with Gasteiger partial charge in [0.15, 0.2) is 5.78 Å². The second-order valence-corrected chi connectivity index (χ2v) is 4.82. The van der Waals surface area contributed by atoms with Crippen molar-refractivity contribution in [2.24, 2.45) is 0 Å². The molecule has 18 heavy (non-hydrogen) atoms. The van der Waals surface area contributed by atoms with Crippen LogP contribution >= 0.6 is 0 Å². The minimum Gasteiger partial charge on any atom is -0.360 e.